The van der Waals surface area contributed by atoms with E-state index in [9.17, 15) is 9.59 Å². The van der Waals surface area contributed by atoms with E-state index in [0.29, 0.717) is 44.0 Å². The predicted molar refractivity (Wildman–Crippen MR) is 135 cm³/mol. The summed E-state index contributed by atoms with van der Waals surface area (Å²) in [6.45, 7) is 3.30. The van der Waals surface area contributed by atoms with Gasteiger partial charge in [0, 0.05) is 20.0 Å². The van der Waals surface area contributed by atoms with Crippen LogP contribution in [0.3, 0.4) is 0 Å². The van der Waals surface area contributed by atoms with Gasteiger partial charge in [0.15, 0.2) is 6.10 Å². The summed E-state index contributed by atoms with van der Waals surface area (Å²) in [6, 6.07) is 24.0. The van der Waals surface area contributed by atoms with Crippen LogP contribution >= 0.6 is 0 Å². The zero-order valence-corrected chi connectivity index (χ0v) is 20.7. The minimum absolute atomic E-state index is 0.238. The third kappa shape index (κ3) is 8.74. The largest absolute Gasteiger partial charge is 0.493 e. The summed E-state index contributed by atoms with van der Waals surface area (Å²) in [6.07, 6.45) is 0.507. The summed E-state index contributed by atoms with van der Waals surface area (Å²) >= 11 is 0. The van der Waals surface area contributed by atoms with Gasteiger partial charge in [-0.3, -0.25) is 0 Å². The number of ether oxygens (including phenoxy) is 5. The summed E-state index contributed by atoms with van der Waals surface area (Å²) in [5.74, 6) is 0.678. The fraction of sp³-hybridized carbons (Fsp3) is 0.310. The van der Waals surface area contributed by atoms with Gasteiger partial charge in [-0.05, 0) is 54.4 Å². The van der Waals surface area contributed by atoms with Crippen molar-refractivity contribution in [1.82, 2.24) is 0 Å². The molecule has 0 spiro atoms. The Morgan fingerprint density at radius 2 is 1.36 bits per heavy atom. The number of hydrogen-bond donors (Lipinski definition) is 0. The highest BCUT2D eigenvalue weighted by Gasteiger charge is 2.19. The first kappa shape index (κ1) is 26.8. The molecule has 190 valence electrons. The molecule has 0 unspecified atom stereocenters. The first-order chi connectivity index (χ1) is 17.6. The molecule has 0 bridgehead atoms. The van der Waals surface area contributed by atoms with E-state index in [-0.39, 0.29) is 18.5 Å². The summed E-state index contributed by atoms with van der Waals surface area (Å²) in [4.78, 5) is 24.1. The number of methoxy groups -OCH3 is 1. The van der Waals surface area contributed by atoms with Gasteiger partial charge in [-0.1, -0.05) is 42.5 Å². The molecule has 0 fully saturated rings. The molecule has 0 N–H and O–H groups in total. The molecule has 0 radical (unpaired) electrons. The first-order valence-corrected chi connectivity index (χ1v) is 11.9. The molecule has 3 rings (SSSR count). The lowest BCUT2D eigenvalue weighted by atomic mass is 10.1. The van der Waals surface area contributed by atoms with Crippen LogP contribution in [0.2, 0.25) is 0 Å². The molecule has 0 amide bonds. The van der Waals surface area contributed by atoms with Crippen LogP contribution in [0.1, 0.15) is 34.8 Å². The second kappa shape index (κ2) is 14.5. The normalized spacial score (nSPS) is 11.4. The zero-order chi connectivity index (χ0) is 25.6. The summed E-state index contributed by atoms with van der Waals surface area (Å²) in [5.41, 5.74) is 2.37. The van der Waals surface area contributed by atoms with Gasteiger partial charge < -0.3 is 23.7 Å². The number of carbonyl (C=O) groups is 2. The van der Waals surface area contributed by atoms with Gasteiger partial charge in [-0.25, -0.2) is 9.59 Å². The van der Waals surface area contributed by atoms with Gasteiger partial charge in [-0.15, -0.1) is 0 Å². The number of benzene rings is 3. The minimum atomic E-state index is -0.622. The molecule has 7 nitrogen and oxygen atoms in total. The Bertz CT molecular complexity index is 1060. The lowest BCUT2D eigenvalue weighted by Gasteiger charge is -2.14. The molecule has 3 aromatic carbocycles. The Balaban J connectivity index is 1.34. The molecule has 0 aliphatic rings. The fourth-order valence-electron chi connectivity index (χ4n) is 3.37. The average Bonchev–Trinajstić information content (AvgIpc) is 2.92. The minimum Gasteiger partial charge on any atom is -0.493 e. The zero-order valence-electron chi connectivity index (χ0n) is 20.7. The summed E-state index contributed by atoms with van der Waals surface area (Å²) in [5, 5.41) is 0. The standard InChI is InChI=1S/C29H32O7/c1-3-33-29(31)27(32-2)20-22-10-14-25(15-11-22)34-18-7-19-35-26-16-12-24(13-17-26)28(30)36-21-23-8-5-4-6-9-23/h4-6,8-17,27H,3,7,18-21H2,1-2H3/t27-/m0/s1. The second-order valence-electron chi connectivity index (χ2n) is 7.96. The molecular formula is C29H32O7. The van der Waals surface area contributed by atoms with Crippen molar-refractivity contribution in [2.75, 3.05) is 26.9 Å². The molecule has 0 aromatic heterocycles. The molecule has 0 saturated carbocycles. The Morgan fingerprint density at radius 3 is 1.94 bits per heavy atom. The first-order valence-electron chi connectivity index (χ1n) is 11.9. The van der Waals surface area contributed by atoms with E-state index in [4.69, 9.17) is 23.7 Å². The highest BCUT2D eigenvalue weighted by molar-refractivity contribution is 5.89. The van der Waals surface area contributed by atoms with E-state index in [0.717, 1.165) is 16.9 Å². The third-order valence-corrected chi connectivity index (χ3v) is 5.31. The smallest absolute Gasteiger partial charge is 0.338 e. The monoisotopic (exact) mass is 492 g/mol. The SMILES string of the molecule is CCOC(=O)[C@H](Cc1ccc(OCCCOc2ccc(C(=O)OCc3ccccc3)cc2)cc1)OC. The second-order valence-corrected chi connectivity index (χ2v) is 7.96. The van der Waals surface area contributed by atoms with Crippen molar-refractivity contribution in [1.29, 1.82) is 0 Å². The maximum absolute atomic E-state index is 12.2. The van der Waals surface area contributed by atoms with Crippen molar-refractivity contribution < 1.29 is 33.3 Å². The molecule has 7 heteroatoms. The van der Waals surface area contributed by atoms with Gasteiger partial charge >= 0.3 is 11.9 Å². The van der Waals surface area contributed by atoms with E-state index in [1.807, 2.05) is 54.6 Å². The topological polar surface area (TPSA) is 80.3 Å². The van der Waals surface area contributed by atoms with E-state index in [2.05, 4.69) is 0 Å². The lowest BCUT2D eigenvalue weighted by molar-refractivity contribution is -0.154. The quantitative estimate of drug-likeness (QED) is 0.231. The molecule has 0 saturated heterocycles. The third-order valence-electron chi connectivity index (χ3n) is 5.31. The van der Waals surface area contributed by atoms with Crippen molar-refractivity contribution >= 4 is 11.9 Å². The molecular weight excluding hydrogens is 460 g/mol. The van der Waals surface area contributed by atoms with Crippen molar-refractivity contribution in [3.05, 3.63) is 95.6 Å². The average molecular weight is 493 g/mol. The van der Waals surface area contributed by atoms with E-state index in [1.165, 1.54) is 7.11 Å². The van der Waals surface area contributed by atoms with Crippen molar-refractivity contribution in [3.8, 4) is 11.5 Å². The molecule has 0 heterocycles. The number of carbonyl (C=O) groups excluding carboxylic acids is 2. The van der Waals surface area contributed by atoms with Gasteiger partial charge in [-0.2, -0.15) is 0 Å². The van der Waals surface area contributed by atoms with Crippen LogP contribution in [0.25, 0.3) is 0 Å². The lowest BCUT2D eigenvalue weighted by Crippen LogP contribution is -2.27. The fourth-order valence-corrected chi connectivity index (χ4v) is 3.37. The van der Waals surface area contributed by atoms with Crippen molar-refractivity contribution in [3.63, 3.8) is 0 Å². The Labute approximate surface area is 211 Å². The van der Waals surface area contributed by atoms with Crippen LogP contribution < -0.4 is 9.47 Å². The molecule has 0 aliphatic carbocycles. The van der Waals surface area contributed by atoms with Gasteiger partial charge in [0.25, 0.3) is 0 Å². The highest BCUT2D eigenvalue weighted by Crippen LogP contribution is 2.16. The van der Waals surface area contributed by atoms with Crippen LogP contribution in [-0.4, -0.2) is 45.0 Å². The van der Waals surface area contributed by atoms with Gasteiger partial charge in [0.2, 0.25) is 0 Å². The van der Waals surface area contributed by atoms with Crippen LogP contribution in [0.4, 0.5) is 0 Å². The van der Waals surface area contributed by atoms with Crippen molar-refractivity contribution in [2.24, 2.45) is 0 Å². The maximum Gasteiger partial charge on any atom is 0.338 e. The molecule has 1 atom stereocenters. The number of rotatable bonds is 14. The Hall–Kier alpha value is -3.84. The predicted octanol–water partition coefficient (Wildman–Crippen LogP) is 5.01. The van der Waals surface area contributed by atoms with Crippen LogP contribution in [0.15, 0.2) is 78.9 Å². The van der Waals surface area contributed by atoms with Gasteiger partial charge in [0.05, 0.1) is 25.4 Å². The Kier molecular flexibility index (Phi) is 10.8. The van der Waals surface area contributed by atoms with Gasteiger partial charge in [0.1, 0.15) is 18.1 Å². The van der Waals surface area contributed by atoms with E-state index < -0.39 is 6.10 Å². The van der Waals surface area contributed by atoms with Crippen LogP contribution in [0, 0.1) is 0 Å². The molecule has 0 aliphatic heterocycles. The summed E-state index contributed by atoms with van der Waals surface area (Å²) < 4.78 is 27.1. The maximum atomic E-state index is 12.2. The van der Waals surface area contributed by atoms with E-state index >= 15 is 0 Å². The summed E-state index contributed by atoms with van der Waals surface area (Å²) in [7, 11) is 1.50. The van der Waals surface area contributed by atoms with Crippen molar-refractivity contribution in [2.45, 2.75) is 32.5 Å². The number of hydrogen-bond acceptors (Lipinski definition) is 7. The highest BCUT2D eigenvalue weighted by atomic mass is 16.6. The Morgan fingerprint density at radius 1 is 0.750 bits per heavy atom. The van der Waals surface area contributed by atoms with Crippen LogP contribution in [0.5, 0.6) is 11.5 Å². The molecule has 3 aromatic rings. The number of esters is 2. The van der Waals surface area contributed by atoms with Crippen LogP contribution in [-0.2, 0) is 32.0 Å². The van der Waals surface area contributed by atoms with E-state index in [1.54, 1.807) is 31.2 Å². The molecule has 36 heavy (non-hydrogen) atoms.